The molecule has 1 aromatic rings. The molecule has 0 aliphatic carbocycles. The van der Waals surface area contributed by atoms with E-state index in [2.05, 4.69) is 0 Å². The van der Waals surface area contributed by atoms with Gasteiger partial charge in [-0.2, -0.15) is 0 Å². The van der Waals surface area contributed by atoms with Crippen LogP contribution in [0.4, 0.5) is 22.0 Å². The summed E-state index contributed by atoms with van der Waals surface area (Å²) in [5.41, 5.74) is -0.962. The van der Waals surface area contributed by atoms with Crippen LogP contribution in [0.2, 0.25) is 0 Å². The first kappa shape index (κ1) is 14.0. The molecule has 0 aliphatic rings. The Morgan fingerprint density at radius 1 is 0.882 bits per heavy atom. The second-order valence-electron chi connectivity index (χ2n) is 4.11. The predicted molar refractivity (Wildman–Crippen MR) is 54.2 cm³/mol. The second kappa shape index (κ2) is 4.66. The zero-order valence-corrected chi connectivity index (χ0v) is 9.38. The molecule has 1 unspecified atom stereocenters. The van der Waals surface area contributed by atoms with Crippen LogP contribution in [0.5, 0.6) is 0 Å². The third-order valence-electron chi connectivity index (χ3n) is 2.55. The van der Waals surface area contributed by atoms with Gasteiger partial charge in [0.1, 0.15) is 0 Å². The lowest BCUT2D eigenvalue weighted by Crippen LogP contribution is -2.27. The maximum absolute atomic E-state index is 13.4. The van der Waals surface area contributed by atoms with Crippen molar-refractivity contribution in [2.75, 3.05) is 0 Å². The van der Waals surface area contributed by atoms with Gasteiger partial charge in [-0.05, 0) is 5.31 Å². The largest absolute Gasteiger partial charge is 0.203 e. The van der Waals surface area contributed by atoms with E-state index in [4.69, 9.17) is 7.85 Å². The highest BCUT2D eigenvalue weighted by atomic mass is 19.2. The molecule has 6 heteroatoms. The smallest absolute Gasteiger partial charge is 0.200 e. The Kier molecular flexibility index (Phi) is 3.84. The summed E-state index contributed by atoms with van der Waals surface area (Å²) in [4.78, 5) is 0. The third-order valence-corrected chi connectivity index (χ3v) is 2.55. The molecule has 0 amide bonds. The van der Waals surface area contributed by atoms with Gasteiger partial charge in [-0.1, -0.05) is 26.7 Å². The molecule has 0 saturated carbocycles. The van der Waals surface area contributed by atoms with Gasteiger partial charge < -0.3 is 0 Å². The first-order valence-electron chi connectivity index (χ1n) is 5.04. The molecule has 1 rings (SSSR count). The van der Waals surface area contributed by atoms with Crippen molar-refractivity contribution in [3.63, 3.8) is 0 Å². The maximum Gasteiger partial charge on any atom is 0.200 e. The molecule has 2 radical (unpaired) electrons. The SMILES string of the molecule is [B]C(C)(CCC)c1c(F)c(F)c(F)c(F)c1F. The van der Waals surface area contributed by atoms with E-state index in [0.29, 0.717) is 6.42 Å². The van der Waals surface area contributed by atoms with E-state index in [-0.39, 0.29) is 6.42 Å². The van der Waals surface area contributed by atoms with Crippen LogP contribution in [0.25, 0.3) is 0 Å². The van der Waals surface area contributed by atoms with Crippen molar-refractivity contribution in [1.82, 2.24) is 0 Å². The van der Waals surface area contributed by atoms with Gasteiger partial charge in [-0.25, -0.2) is 22.0 Å². The number of hydrogen-bond acceptors (Lipinski definition) is 0. The number of rotatable bonds is 3. The lowest BCUT2D eigenvalue weighted by molar-refractivity contribution is 0.357. The summed E-state index contributed by atoms with van der Waals surface area (Å²) in [6.45, 7) is 2.92. The first-order chi connectivity index (χ1) is 7.74. The van der Waals surface area contributed by atoms with Gasteiger partial charge >= 0.3 is 0 Å². The molecular weight excluding hydrogens is 238 g/mol. The number of halogens is 5. The normalized spacial score (nSPS) is 14.8. The van der Waals surface area contributed by atoms with Gasteiger partial charge in [0.2, 0.25) is 5.82 Å². The number of benzene rings is 1. The minimum Gasteiger partial charge on any atom is -0.203 e. The van der Waals surface area contributed by atoms with Crippen molar-refractivity contribution in [1.29, 1.82) is 0 Å². The lowest BCUT2D eigenvalue weighted by atomic mass is 9.63. The van der Waals surface area contributed by atoms with Gasteiger partial charge in [0.15, 0.2) is 23.3 Å². The fourth-order valence-electron chi connectivity index (χ4n) is 1.75. The molecule has 0 heterocycles. The van der Waals surface area contributed by atoms with Crippen molar-refractivity contribution in [2.24, 2.45) is 0 Å². The highest BCUT2D eigenvalue weighted by Crippen LogP contribution is 2.33. The first-order valence-corrected chi connectivity index (χ1v) is 5.04. The lowest BCUT2D eigenvalue weighted by Gasteiger charge is -2.26. The van der Waals surface area contributed by atoms with Gasteiger partial charge in [0, 0.05) is 5.56 Å². The van der Waals surface area contributed by atoms with Gasteiger partial charge in [-0.3, -0.25) is 0 Å². The molecule has 17 heavy (non-hydrogen) atoms. The van der Waals surface area contributed by atoms with E-state index in [9.17, 15) is 22.0 Å². The summed E-state index contributed by atoms with van der Waals surface area (Å²) in [6, 6.07) is 0. The van der Waals surface area contributed by atoms with Crippen LogP contribution in [0.15, 0.2) is 0 Å². The molecule has 0 saturated heterocycles. The predicted octanol–water partition coefficient (Wildman–Crippen LogP) is 3.57. The zero-order chi connectivity index (χ0) is 13.4. The van der Waals surface area contributed by atoms with Crippen LogP contribution in [0.3, 0.4) is 0 Å². The zero-order valence-electron chi connectivity index (χ0n) is 9.38. The van der Waals surface area contributed by atoms with Gasteiger partial charge in [-0.15, -0.1) is 0 Å². The van der Waals surface area contributed by atoms with E-state index >= 15 is 0 Å². The molecule has 0 spiro atoms. The molecule has 1 atom stereocenters. The van der Waals surface area contributed by atoms with Gasteiger partial charge in [0.25, 0.3) is 0 Å². The molecule has 92 valence electrons. The van der Waals surface area contributed by atoms with Crippen LogP contribution in [-0.4, -0.2) is 7.85 Å². The van der Waals surface area contributed by atoms with Crippen molar-refractivity contribution in [3.05, 3.63) is 34.6 Å². The summed E-state index contributed by atoms with van der Waals surface area (Å²) in [6.07, 6.45) is 0.553. The minimum absolute atomic E-state index is 0.103. The van der Waals surface area contributed by atoms with Crippen LogP contribution in [-0.2, 0) is 5.31 Å². The molecular formula is C11H10BF5. The van der Waals surface area contributed by atoms with Gasteiger partial charge in [0.05, 0.1) is 7.85 Å². The molecule has 0 bridgehead atoms. The van der Waals surface area contributed by atoms with E-state index in [0.717, 1.165) is 0 Å². The van der Waals surface area contributed by atoms with E-state index < -0.39 is 40.0 Å². The minimum atomic E-state index is -2.17. The van der Waals surface area contributed by atoms with E-state index in [1.54, 1.807) is 6.92 Å². The maximum atomic E-state index is 13.4. The Labute approximate surface area is 97.2 Å². The van der Waals surface area contributed by atoms with Crippen LogP contribution < -0.4 is 0 Å². The molecule has 0 aliphatic heterocycles. The third kappa shape index (κ3) is 2.30. The standard InChI is InChI=1S/C11H10BF5/c1-3-4-11(2,12)5-6(13)8(15)10(17)9(16)7(5)14/h3-4H2,1-2H3. The molecule has 0 N–H and O–H groups in total. The molecule has 0 aromatic heterocycles. The van der Waals surface area contributed by atoms with Crippen molar-refractivity contribution in [3.8, 4) is 0 Å². The number of hydrogen-bond donors (Lipinski definition) is 0. The second-order valence-corrected chi connectivity index (χ2v) is 4.11. The summed E-state index contributed by atoms with van der Waals surface area (Å²) in [5, 5.41) is -1.60. The quantitative estimate of drug-likeness (QED) is 0.332. The van der Waals surface area contributed by atoms with Crippen molar-refractivity contribution >= 4 is 7.85 Å². The summed E-state index contributed by atoms with van der Waals surface area (Å²) < 4.78 is 65.6. The van der Waals surface area contributed by atoms with E-state index in [1.807, 2.05) is 0 Å². The van der Waals surface area contributed by atoms with Crippen LogP contribution >= 0.6 is 0 Å². The average Bonchev–Trinajstić information content (AvgIpc) is 2.23. The summed E-state index contributed by atoms with van der Waals surface area (Å²) in [7, 11) is 5.60. The van der Waals surface area contributed by atoms with Crippen molar-refractivity contribution in [2.45, 2.75) is 32.0 Å². The van der Waals surface area contributed by atoms with Crippen molar-refractivity contribution < 1.29 is 22.0 Å². The Morgan fingerprint density at radius 2 is 1.24 bits per heavy atom. The Balaban J connectivity index is 3.54. The highest BCUT2D eigenvalue weighted by Gasteiger charge is 2.33. The highest BCUT2D eigenvalue weighted by molar-refractivity contribution is 6.15. The topological polar surface area (TPSA) is 0 Å². The molecule has 1 aromatic carbocycles. The fraction of sp³-hybridized carbons (Fsp3) is 0.455. The summed E-state index contributed by atoms with van der Waals surface area (Å²) >= 11 is 0. The average molecular weight is 248 g/mol. The Hall–Kier alpha value is -1.07. The van der Waals surface area contributed by atoms with Crippen LogP contribution in [0, 0.1) is 29.1 Å². The van der Waals surface area contributed by atoms with E-state index in [1.165, 1.54) is 6.92 Å². The van der Waals surface area contributed by atoms with Crippen LogP contribution in [0.1, 0.15) is 32.3 Å². The molecule has 0 fully saturated rings. The molecule has 0 nitrogen and oxygen atoms in total. The summed E-state index contributed by atoms with van der Waals surface area (Å²) in [5.74, 6) is -9.82. The monoisotopic (exact) mass is 248 g/mol. The Bertz CT molecular complexity index is 413. The Morgan fingerprint density at radius 3 is 1.59 bits per heavy atom. The fourth-order valence-corrected chi connectivity index (χ4v) is 1.75.